The maximum atomic E-state index is 11.2. The fourth-order valence-corrected chi connectivity index (χ4v) is 2.52. The second kappa shape index (κ2) is 5.14. The molecule has 1 aliphatic heterocycles. The van der Waals surface area contributed by atoms with E-state index in [-0.39, 0.29) is 11.3 Å². The van der Waals surface area contributed by atoms with E-state index in [0.29, 0.717) is 29.4 Å². The smallest absolute Gasteiger partial charge is 0.339 e. The number of carbonyl (C=O) groups is 1. The van der Waals surface area contributed by atoms with Crippen LogP contribution in [0.25, 0.3) is 11.1 Å². The topological polar surface area (TPSA) is 85.2 Å². The standard InChI is InChI=1S/C16H14O6/c1-20-14-3-8-7-22-13-6-12(17)11(16(18)19)4-10(13)9(8)5-15(14)21-2/h3-6,17H,7H2,1-2H3,(H,18,19). The quantitative estimate of drug-likeness (QED) is 0.906. The van der Waals surface area contributed by atoms with Crippen LogP contribution in [0.3, 0.4) is 0 Å². The van der Waals surface area contributed by atoms with Gasteiger partial charge in [-0.3, -0.25) is 0 Å². The highest BCUT2D eigenvalue weighted by Gasteiger charge is 2.24. The van der Waals surface area contributed by atoms with Crippen LogP contribution < -0.4 is 14.2 Å². The van der Waals surface area contributed by atoms with Crippen LogP contribution in [0.2, 0.25) is 0 Å². The highest BCUT2D eigenvalue weighted by Crippen LogP contribution is 2.44. The third kappa shape index (κ3) is 2.09. The van der Waals surface area contributed by atoms with Gasteiger partial charge < -0.3 is 24.4 Å². The Labute approximate surface area is 126 Å². The summed E-state index contributed by atoms with van der Waals surface area (Å²) in [4.78, 5) is 11.2. The summed E-state index contributed by atoms with van der Waals surface area (Å²) >= 11 is 0. The first kappa shape index (κ1) is 14.1. The largest absolute Gasteiger partial charge is 0.507 e. The maximum absolute atomic E-state index is 11.2. The number of hydrogen-bond acceptors (Lipinski definition) is 5. The Balaban J connectivity index is 2.24. The second-order valence-electron chi connectivity index (χ2n) is 4.82. The Morgan fingerprint density at radius 2 is 1.77 bits per heavy atom. The van der Waals surface area contributed by atoms with Crippen LogP contribution in [0.4, 0.5) is 0 Å². The molecule has 0 fully saturated rings. The van der Waals surface area contributed by atoms with E-state index in [0.717, 1.165) is 11.1 Å². The van der Waals surface area contributed by atoms with Crippen molar-refractivity contribution in [2.45, 2.75) is 6.61 Å². The van der Waals surface area contributed by atoms with Crippen molar-refractivity contribution in [2.75, 3.05) is 14.2 Å². The van der Waals surface area contributed by atoms with Crippen molar-refractivity contribution in [3.05, 3.63) is 35.4 Å². The molecule has 3 rings (SSSR count). The zero-order valence-corrected chi connectivity index (χ0v) is 12.0. The van der Waals surface area contributed by atoms with E-state index >= 15 is 0 Å². The van der Waals surface area contributed by atoms with Gasteiger partial charge in [-0.05, 0) is 23.8 Å². The summed E-state index contributed by atoms with van der Waals surface area (Å²) in [5, 5.41) is 18.9. The van der Waals surface area contributed by atoms with Gasteiger partial charge in [0, 0.05) is 17.2 Å². The van der Waals surface area contributed by atoms with Gasteiger partial charge in [0.15, 0.2) is 11.5 Å². The van der Waals surface area contributed by atoms with Crippen molar-refractivity contribution < 1.29 is 29.2 Å². The monoisotopic (exact) mass is 302 g/mol. The molecule has 0 amide bonds. The Hall–Kier alpha value is -2.89. The van der Waals surface area contributed by atoms with Crippen LogP contribution in [-0.4, -0.2) is 30.4 Å². The normalized spacial score (nSPS) is 11.9. The molecule has 0 radical (unpaired) electrons. The summed E-state index contributed by atoms with van der Waals surface area (Å²) < 4.78 is 16.1. The molecule has 0 saturated carbocycles. The molecule has 0 spiro atoms. The van der Waals surface area contributed by atoms with Crippen molar-refractivity contribution in [1.82, 2.24) is 0 Å². The van der Waals surface area contributed by atoms with Crippen LogP contribution >= 0.6 is 0 Å². The van der Waals surface area contributed by atoms with Crippen LogP contribution in [0.5, 0.6) is 23.0 Å². The molecular weight excluding hydrogens is 288 g/mol. The molecule has 0 unspecified atom stereocenters. The lowest BCUT2D eigenvalue weighted by Gasteiger charge is -2.23. The van der Waals surface area contributed by atoms with Crippen molar-refractivity contribution in [3.8, 4) is 34.1 Å². The lowest BCUT2D eigenvalue weighted by Crippen LogP contribution is -2.08. The average molecular weight is 302 g/mol. The number of fused-ring (bicyclic) bond motifs is 3. The van der Waals surface area contributed by atoms with Gasteiger partial charge in [-0.25, -0.2) is 4.79 Å². The van der Waals surface area contributed by atoms with Gasteiger partial charge in [-0.2, -0.15) is 0 Å². The fraction of sp³-hybridized carbons (Fsp3) is 0.188. The summed E-state index contributed by atoms with van der Waals surface area (Å²) in [5.74, 6) is 0.0230. The lowest BCUT2D eigenvalue weighted by molar-refractivity contribution is 0.0693. The maximum Gasteiger partial charge on any atom is 0.339 e. The number of carboxylic acid groups (broad SMARTS) is 1. The van der Waals surface area contributed by atoms with Gasteiger partial charge in [0.05, 0.1) is 14.2 Å². The Morgan fingerprint density at radius 1 is 1.09 bits per heavy atom. The van der Waals surface area contributed by atoms with E-state index in [1.165, 1.54) is 19.2 Å². The van der Waals surface area contributed by atoms with E-state index in [1.54, 1.807) is 19.2 Å². The van der Waals surface area contributed by atoms with Gasteiger partial charge >= 0.3 is 5.97 Å². The molecule has 6 nitrogen and oxygen atoms in total. The fourth-order valence-electron chi connectivity index (χ4n) is 2.52. The minimum Gasteiger partial charge on any atom is -0.507 e. The minimum absolute atomic E-state index is 0.176. The number of hydrogen-bond donors (Lipinski definition) is 2. The number of aromatic hydroxyl groups is 1. The van der Waals surface area contributed by atoms with Gasteiger partial charge in [0.1, 0.15) is 23.7 Å². The average Bonchev–Trinajstić information content (AvgIpc) is 2.52. The van der Waals surface area contributed by atoms with Crippen LogP contribution in [0.15, 0.2) is 24.3 Å². The molecular formula is C16H14O6. The first-order valence-corrected chi connectivity index (χ1v) is 6.53. The first-order valence-electron chi connectivity index (χ1n) is 6.53. The Kier molecular flexibility index (Phi) is 3.29. The second-order valence-corrected chi connectivity index (χ2v) is 4.82. The molecule has 2 aromatic carbocycles. The molecule has 0 atom stereocenters. The number of carboxylic acids is 1. The summed E-state index contributed by atoms with van der Waals surface area (Å²) in [7, 11) is 3.08. The van der Waals surface area contributed by atoms with Gasteiger partial charge in [0.2, 0.25) is 0 Å². The van der Waals surface area contributed by atoms with Crippen molar-refractivity contribution >= 4 is 5.97 Å². The van der Waals surface area contributed by atoms with Gasteiger partial charge in [-0.1, -0.05) is 0 Å². The van der Waals surface area contributed by atoms with E-state index < -0.39 is 5.97 Å². The summed E-state index contributed by atoms with van der Waals surface area (Å²) in [6.45, 7) is 0.300. The third-order valence-electron chi connectivity index (χ3n) is 3.61. The van der Waals surface area contributed by atoms with Crippen LogP contribution in [0, 0.1) is 0 Å². The molecule has 0 saturated heterocycles. The molecule has 0 aliphatic carbocycles. The van der Waals surface area contributed by atoms with Gasteiger partial charge in [0.25, 0.3) is 0 Å². The third-order valence-corrected chi connectivity index (χ3v) is 3.61. The van der Waals surface area contributed by atoms with Crippen molar-refractivity contribution in [3.63, 3.8) is 0 Å². The zero-order chi connectivity index (χ0) is 15.9. The molecule has 2 N–H and O–H groups in total. The van der Waals surface area contributed by atoms with E-state index in [4.69, 9.17) is 19.3 Å². The predicted octanol–water partition coefficient (Wildman–Crippen LogP) is 2.67. The highest BCUT2D eigenvalue weighted by atomic mass is 16.5. The number of benzene rings is 2. The molecule has 2 aromatic rings. The molecule has 6 heteroatoms. The molecule has 0 aromatic heterocycles. The van der Waals surface area contributed by atoms with Crippen LogP contribution in [0.1, 0.15) is 15.9 Å². The first-order chi connectivity index (χ1) is 10.5. The van der Waals surface area contributed by atoms with E-state index in [2.05, 4.69) is 0 Å². The molecule has 1 aliphatic rings. The van der Waals surface area contributed by atoms with Gasteiger partial charge in [-0.15, -0.1) is 0 Å². The SMILES string of the molecule is COc1cc2c(cc1OC)-c1cc(C(=O)O)c(O)cc1OC2. The zero-order valence-electron chi connectivity index (χ0n) is 12.0. The number of ether oxygens (including phenoxy) is 3. The lowest BCUT2D eigenvalue weighted by atomic mass is 9.94. The van der Waals surface area contributed by atoms with E-state index in [9.17, 15) is 9.90 Å². The molecule has 22 heavy (non-hydrogen) atoms. The number of aromatic carboxylic acids is 1. The number of phenols is 1. The molecule has 0 bridgehead atoms. The number of rotatable bonds is 3. The summed E-state index contributed by atoms with van der Waals surface area (Å²) in [5.41, 5.74) is 2.07. The Morgan fingerprint density at radius 3 is 2.41 bits per heavy atom. The summed E-state index contributed by atoms with van der Waals surface area (Å²) in [6, 6.07) is 6.29. The molecule has 114 valence electrons. The molecule has 1 heterocycles. The number of methoxy groups -OCH3 is 2. The van der Waals surface area contributed by atoms with Crippen molar-refractivity contribution in [2.24, 2.45) is 0 Å². The summed E-state index contributed by atoms with van der Waals surface area (Å²) in [6.07, 6.45) is 0. The Bertz CT molecular complexity index is 766. The van der Waals surface area contributed by atoms with Crippen molar-refractivity contribution in [1.29, 1.82) is 0 Å². The van der Waals surface area contributed by atoms with Crippen LogP contribution in [-0.2, 0) is 6.61 Å². The minimum atomic E-state index is -1.20. The predicted molar refractivity (Wildman–Crippen MR) is 77.9 cm³/mol. The van der Waals surface area contributed by atoms with E-state index in [1.807, 2.05) is 0 Å². The highest BCUT2D eigenvalue weighted by molar-refractivity contribution is 5.94.